The fourth-order valence-electron chi connectivity index (χ4n) is 1.49. The van der Waals surface area contributed by atoms with E-state index in [1.807, 2.05) is 39.0 Å². The molecular weight excluding hydrogens is 294 g/mol. The minimum absolute atomic E-state index is 0.00388. The van der Waals surface area contributed by atoms with Gasteiger partial charge in [0, 0.05) is 11.2 Å². The third-order valence-electron chi connectivity index (χ3n) is 2.51. The Morgan fingerprint density at radius 1 is 1.44 bits per heavy atom. The first kappa shape index (κ1) is 15.0. The molecule has 0 heterocycles. The molecule has 1 rings (SSSR count). The number of nitrogens with one attached hydrogen (secondary N) is 1. The minimum Gasteiger partial charge on any atom is -0.492 e. The van der Waals surface area contributed by atoms with Gasteiger partial charge in [-0.3, -0.25) is 4.79 Å². The molecule has 0 saturated heterocycles. The number of ether oxygens (including phenoxy) is 1. The summed E-state index contributed by atoms with van der Waals surface area (Å²) in [5.41, 5.74) is 1.94. The van der Waals surface area contributed by atoms with Gasteiger partial charge in [0.1, 0.15) is 5.75 Å². The second-order valence-corrected chi connectivity index (χ2v) is 5.14. The molecule has 0 aliphatic carbocycles. The molecule has 0 unspecified atom stereocenters. The maximum absolute atomic E-state index is 11.7. The normalized spacial score (nSPS) is 10.5. The Labute approximate surface area is 117 Å². The number of aryl methyl sites for hydroxylation is 1. The first-order chi connectivity index (χ1) is 8.58. The van der Waals surface area contributed by atoms with Gasteiger partial charge in [0.25, 0.3) is 0 Å². The summed E-state index contributed by atoms with van der Waals surface area (Å²) >= 11 is 3.42. The van der Waals surface area contributed by atoms with Crippen LogP contribution in [0.2, 0.25) is 0 Å². The Morgan fingerprint density at radius 3 is 2.72 bits per heavy atom. The summed E-state index contributed by atoms with van der Waals surface area (Å²) in [5.74, 6) is 0.704. The number of anilines is 1. The third-order valence-corrected chi connectivity index (χ3v) is 2.91. The third kappa shape index (κ3) is 4.33. The molecule has 0 spiro atoms. The Morgan fingerprint density at radius 2 is 2.17 bits per heavy atom. The molecule has 1 N–H and O–H groups in total. The molecule has 18 heavy (non-hydrogen) atoms. The lowest BCUT2D eigenvalue weighted by Gasteiger charge is -2.14. The highest BCUT2D eigenvalue weighted by molar-refractivity contribution is 9.09. The van der Waals surface area contributed by atoms with Crippen LogP contribution < -0.4 is 10.1 Å². The summed E-state index contributed by atoms with van der Waals surface area (Å²) in [5, 5.41) is 3.80. The quantitative estimate of drug-likeness (QED) is 0.815. The lowest BCUT2D eigenvalue weighted by atomic mass is 10.1. The van der Waals surface area contributed by atoms with Crippen molar-refractivity contribution in [3.63, 3.8) is 0 Å². The number of hydrogen-bond donors (Lipinski definition) is 1. The van der Waals surface area contributed by atoms with Gasteiger partial charge in [-0.15, -0.1) is 0 Å². The topological polar surface area (TPSA) is 38.3 Å². The minimum atomic E-state index is -0.0401. The number of hydrogen-bond acceptors (Lipinski definition) is 2. The molecule has 100 valence electrons. The molecule has 0 aromatic heterocycles. The van der Waals surface area contributed by atoms with Crippen molar-refractivity contribution in [2.45, 2.75) is 27.2 Å². The lowest BCUT2D eigenvalue weighted by molar-refractivity contribution is -0.118. The van der Waals surface area contributed by atoms with Crippen LogP contribution in [-0.4, -0.2) is 17.8 Å². The highest BCUT2D eigenvalue weighted by Gasteiger charge is 2.11. The van der Waals surface area contributed by atoms with E-state index in [0.717, 1.165) is 23.2 Å². The Balaban J connectivity index is 2.92. The van der Waals surface area contributed by atoms with Crippen molar-refractivity contribution in [1.82, 2.24) is 0 Å². The predicted molar refractivity (Wildman–Crippen MR) is 78.6 cm³/mol. The maximum Gasteiger partial charge on any atom is 0.227 e. The lowest BCUT2D eigenvalue weighted by Crippen LogP contribution is -2.18. The van der Waals surface area contributed by atoms with Gasteiger partial charge in [-0.25, -0.2) is 0 Å². The summed E-state index contributed by atoms with van der Waals surface area (Å²) in [6.45, 7) is 6.26. The van der Waals surface area contributed by atoms with E-state index in [4.69, 9.17) is 4.74 Å². The molecule has 3 nitrogen and oxygen atoms in total. The zero-order chi connectivity index (χ0) is 13.5. The molecule has 1 amide bonds. The summed E-state index contributed by atoms with van der Waals surface area (Å²) in [6.07, 6.45) is 0.943. The zero-order valence-corrected chi connectivity index (χ0v) is 12.7. The van der Waals surface area contributed by atoms with E-state index < -0.39 is 0 Å². The number of halogens is 1. The van der Waals surface area contributed by atoms with Crippen molar-refractivity contribution in [2.24, 2.45) is 5.92 Å². The van der Waals surface area contributed by atoms with Crippen LogP contribution in [0.5, 0.6) is 5.75 Å². The van der Waals surface area contributed by atoms with E-state index in [9.17, 15) is 4.79 Å². The van der Waals surface area contributed by atoms with Gasteiger partial charge in [0.05, 0.1) is 12.3 Å². The number of rotatable bonds is 6. The highest BCUT2D eigenvalue weighted by Crippen LogP contribution is 2.27. The summed E-state index contributed by atoms with van der Waals surface area (Å²) < 4.78 is 5.57. The second kappa shape index (κ2) is 7.41. The number of carbonyl (C=O) groups is 1. The second-order valence-electron chi connectivity index (χ2n) is 4.35. The van der Waals surface area contributed by atoms with Crippen LogP contribution in [0.15, 0.2) is 18.2 Å². The molecule has 1 aromatic rings. The predicted octanol–water partition coefficient (Wildman–Crippen LogP) is 3.62. The van der Waals surface area contributed by atoms with Gasteiger partial charge in [-0.2, -0.15) is 0 Å². The maximum atomic E-state index is 11.7. The Bertz CT molecular complexity index is 405. The molecule has 0 aliphatic heterocycles. The van der Waals surface area contributed by atoms with Crippen molar-refractivity contribution in [2.75, 3.05) is 17.3 Å². The van der Waals surface area contributed by atoms with Crippen LogP contribution in [0.4, 0.5) is 5.69 Å². The van der Waals surface area contributed by atoms with Crippen LogP contribution in [0.25, 0.3) is 0 Å². The van der Waals surface area contributed by atoms with Crippen LogP contribution >= 0.6 is 15.9 Å². The SMILES string of the molecule is CCOc1cc(CCBr)ccc1NC(=O)C(C)C. The van der Waals surface area contributed by atoms with Crippen molar-refractivity contribution >= 4 is 27.5 Å². The van der Waals surface area contributed by atoms with Gasteiger partial charge >= 0.3 is 0 Å². The van der Waals surface area contributed by atoms with Crippen LogP contribution in [-0.2, 0) is 11.2 Å². The average Bonchev–Trinajstić information content (AvgIpc) is 2.33. The smallest absolute Gasteiger partial charge is 0.227 e. The van der Waals surface area contributed by atoms with E-state index >= 15 is 0 Å². The molecule has 0 fully saturated rings. The first-order valence-corrected chi connectivity index (χ1v) is 7.33. The zero-order valence-electron chi connectivity index (χ0n) is 11.1. The fraction of sp³-hybridized carbons (Fsp3) is 0.500. The number of alkyl halides is 1. The van der Waals surface area contributed by atoms with E-state index in [-0.39, 0.29) is 11.8 Å². The highest BCUT2D eigenvalue weighted by atomic mass is 79.9. The van der Waals surface area contributed by atoms with E-state index in [0.29, 0.717) is 6.61 Å². The molecule has 0 bridgehead atoms. The van der Waals surface area contributed by atoms with Crippen molar-refractivity contribution < 1.29 is 9.53 Å². The molecule has 0 radical (unpaired) electrons. The summed E-state index contributed by atoms with van der Waals surface area (Å²) in [7, 11) is 0. The molecule has 0 aliphatic rings. The van der Waals surface area contributed by atoms with Crippen LogP contribution in [0.1, 0.15) is 26.3 Å². The molecule has 4 heteroatoms. The largest absolute Gasteiger partial charge is 0.492 e. The van der Waals surface area contributed by atoms with Gasteiger partial charge in [-0.1, -0.05) is 35.8 Å². The van der Waals surface area contributed by atoms with Gasteiger partial charge in [0.2, 0.25) is 5.91 Å². The Kier molecular flexibility index (Phi) is 6.19. The first-order valence-electron chi connectivity index (χ1n) is 6.21. The summed E-state index contributed by atoms with van der Waals surface area (Å²) in [6, 6.07) is 5.91. The Hall–Kier alpha value is -1.03. The van der Waals surface area contributed by atoms with Crippen molar-refractivity contribution in [3.05, 3.63) is 23.8 Å². The number of benzene rings is 1. The molecule has 1 aromatic carbocycles. The standard InChI is InChI=1S/C14H20BrNO2/c1-4-18-13-9-11(7-8-15)5-6-12(13)16-14(17)10(2)3/h5-6,9-10H,4,7-8H2,1-3H3,(H,16,17). The van der Waals surface area contributed by atoms with E-state index in [1.54, 1.807) is 0 Å². The van der Waals surface area contributed by atoms with Crippen molar-refractivity contribution in [1.29, 1.82) is 0 Å². The van der Waals surface area contributed by atoms with Crippen LogP contribution in [0, 0.1) is 5.92 Å². The van der Waals surface area contributed by atoms with Gasteiger partial charge < -0.3 is 10.1 Å². The van der Waals surface area contributed by atoms with E-state index in [2.05, 4.69) is 21.2 Å². The summed E-state index contributed by atoms with van der Waals surface area (Å²) in [4.78, 5) is 11.7. The van der Waals surface area contributed by atoms with E-state index in [1.165, 1.54) is 5.56 Å². The molecule has 0 saturated carbocycles. The average molecular weight is 314 g/mol. The fourth-order valence-corrected chi connectivity index (χ4v) is 1.94. The molecule has 0 atom stereocenters. The van der Waals surface area contributed by atoms with Crippen LogP contribution in [0.3, 0.4) is 0 Å². The van der Waals surface area contributed by atoms with Gasteiger partial charge in [-0.05, 0) is 31.0 Å². The number of amides is 1. The van der Waals surface area contributed by atoms with Crippen molar-refractivity contribution in [3.8, 4) is 5.75 Å². The number of carbonyl (C=O) groups excluding carboxylic acids is 1. The van der Waals surface area contributed by atoms with Gasteiger partial charge in [0.15, 0.2) is 0 Å². The monoisotopic (exact) mass is 313 g/mol. The molecular formula is C14H20BrNO2.